The Labute approximate surface area is 134 Å². The molecule has 0 aliphatic rings. The molecular formula is C17H20N2O4. The molecule has 3 N–H and O–H groups in total. The molecule has 0 aliphatic carbocycles. The molecule has 0 radical (unpaired) electrons. The number of carbonyl (C=O) groups is 1. The van der Waals surface area contributed by atoms with Crippen LogP contribution in [0.2, 0.25) is 0 Å². The summed E-state index contributed by atoms with van der Waals surface area (Å²) in [4.78, 5) is 15.7. The van der Waals surface area contributed by atoms with Crippen molar-refractivity contribution in [3.05, 3.63) is 65.5 Å². The van der Waals surface area contributed by atoms with Crippen LogP contribution in [0, 0.1) is 6.92 Å². The molecule has 6 heteroatoms. The summed E-state index contributed by atoms with van der Waals surface area (Å²) in [5.41, 5.74) is 2.03. The van der Waals surface area contributed by atoms with E-state index in [0.717, 1.165) is 11.1 Å². The lowest BCUT2D eigenvalue weighted by molar-refractivity contribution is 0.0155. The summed E-state index contributed by atoms with van der Waals surface area (Å²) in [5, 5.41) is 22.5. The van der Waals surface area contributed by atoms with Crippen molar-refractivity contribution in [3.63, 3.8) is 0 Å². The van der Waals surface area contributed by atoms with E-state index < -0.39 is 18.3 Å². The van der Waals surface area contributed by atoms with Crippen molar-refractivity contribution >= 4 is 6.09 Å². The fraction of sp³-hybridized carbons (Fsp3) is 0.294. The Morgan fingerprint density at radius 3 is 2.65 bits per heavy atom. The van der Waals surface area contributed by atoms with Gasteiger partial charge in [-0.05, 0) is 24.1 Å². The summed E-state index contributed by atoms with van der Waals surface area (Å²) < 4.78 is 5.03. The zero-order valence-electron chi connectivity index (χ0n) is 12.8. The van der Waals surface area contributed by atoms with Gasteiger partial charge in [-0.3, -0.25) is 4.98 Å². The molecule has 2 unspecified atom stereocenters. The highest BCUT2D eigenvalue weighted by molar-refractivity contribution is 5.67. The van der Waals surface area contributed by atoms with Crippen molar-refractivity contribution in [1.29, 1.82) is 0 Å². The number of pyridine rings is 1. The number of nitrogens with zero attached hydrogens (tertiary/aromatic N) is 1. The topological polar surface area (TPSA) is 91.7 Å². The second-order valence-electron chi connectivity index (χ2n) is 5.16. The number of ether oxygens (including phenoxy) is 1. The molecule has 1 amide bonds. The molecule has 1 aromatic carbocycles. The van der Waals surface area contributed by atoms with Crippen LogP contribution in [0.5, 0.6) is 0 Å². The van der Waals surface area contributed by atoms with E-state index in [0.29, 0.717) is 5.69 Å². The van der Waals surface area contributed by atoms with Crippen molar-refractivity contribution in [2.45, 2.75) is 25.7 Å². The predicted octanol–water partition coefficient (Wildman–Crippen LogP) is 1.71. The molecule has 1 aromatic heterocycles. The van der Waals surface area contributed by atoms with E-state index in [2.05, 4.69) is 10.3 Å². The second kappa shape index (κ2) is 8.26. The molecule has 0 aliphatic heterocycles. The molecule has 0 saturated heterocycles. The third kappa shape index (κ3) is 5.05. The van der Waals surface area contributed by atoms with Crippen molar-refractivity contribution < 1.29 is 19.7 Å². The Morgan fingerprint density at radius 2 is 1.96 bits per heavy atom. The normalized spacial score (nSPS) is 13.2. The Hall–Kier alpha value is -2.44. The number of rotatable bonds is 6. The number of hydrogen-bond acceptors (Lipinski definition) is 5. The zero-order valence-corrected chi connectivity index (χ0v) is 12.8. The molecule has 23 heavy (non-hydrogen) atoms. The maximum Gasteiger partial charge on any atom is 0.407 e. The van der Waals surface area contributed by atoms with Gasteiger partial charge < -0.3 is 20.3 Å². The SMILES string of the molecule is Cc1cccnc1C(O)C(O)CNC(=O)OCc1ccccc1. The molecule has 122 valence electrons. The Morgan fingerprint density at radius 1 is 1.22 bits per heavy atom. The predicted molar refractivity (Wildman–Crippen MR) is 84.6 cm³/mol. The van der Waals surface area contributed by atoms with Crippen LogP contribution in [0.3, 0.4) is 0 Å². The van der Waals surface area contributed by atoms with Crippen molar-refractivity contribution in [1.82, 2.24) is 10.3 Å². The molecule has 0 fully saturated rings. The largest absolute Gasteiger partial charge is 0.445 e. The van der Waals surface area contributed by atoms with Gasteiger partial charge in [-0.2, -0.15) is 0 Å². The number of aliphatic hydroxyl groups is 2. The zero-order chi connectivity index (χ0) is 16.7. The number of alkyl carbamates (subject to hydrolysis) is 1. The first-order valence-electron chi connectivity index (χ1n) is 7.30. The molecular weight excluding hydrogens is 296 g/mol. The average Bonchev–Trinajstić information content (AvgIpc) is 2.58. The van der Waals surface area contributed by atoms with Gasteiger partial charge in [0, 0.05) is 12.7 Å². The van der Waals surface area contributed by atoms with Gasteiger partial charge in [0.05, 0.1) is 5.69 Å². The first kappa shape index (κ1) is 16.9. The number of amides is 1. The lowest BCUT2D eigenvalue weighted by atomic mass is 10.1. The lowest BCUT2D eigenvalue weighted by Gasteiger charge is -2.19. The average molecular weight is 316 g/mol. The summed E-state index contributed by atoms with van der Waals surface area (Å²) >= 11 is 0. The molecule has 2 aromatic rings. The van der Waals surface area contributed by atoms with E-state index in [1.807, 2.05) is 30.3 Å². The summed E-state index contributed by atoms with van der Waals surface area (Å²) in [5.74, 6) is 0. The minimum Gasteiger partial charge on any atom is -0.445 e. The molecule has 2 atom stereocenters. The van der Waals surface area contributed by atoms with Crippen LogP contribution >= 0.6 is 0 Å². The standard InChI is InChI=1S/C17H20N2O4/c1-12-6-5-9-18-15(12)16(21)14(20)10-19-17(22)23-11-13-7-3-2-4-8-13/h2-9,14,16,20-21H,10-11H2,1H3,(H,19,22). The molecule has 6 nitrogen and oxygen atoms in total. The molecule has 0 bridgehead atoms. The third-order valence-electron chi connectivity index (χ3n) is 3.36. The van der Waals surface area contributed by atoms with Gasteiger partial charge >= 0.3 is 6.09 Å². The van der Waals surface area contributed by atoms with E-state index >= 15 is 0 Å². The van der Waals surface area contributed by atoms with E-state index in [9.17, 15) is 15.0 Å². The molecule has 0 saturated carbocycles. The first-order valence-corrected chi connectivity index (χ1v) is 7.30. The minimum absolute atomic E-state index is 0.134. The van der Waals surface area contributed by atoms with Gasteiger partial charge in [-0.15, -0.1) is 0 Å². The highest BCUT2D eigenvalue weighted by Crippen LogP contribution is 2.17. The Kier molecular flexibility index (Phi) is 6.08. The number of aromatic nitrogens is 1. The molecule has 2 rings (SSSR count). The van der Waals surface area contributed by atoms with Gasteiger partial charge in [0.25, 0.3) is 0 Å². The fourth-order valence-electron chi connectivity index (χ4n) is 2.06. The highest BCUT2D eigenvalue weighted by Gasteiger charge is 2.21. The number of aliphatic hydroxyl groups excluding tert-OH is 2. The van der Waals surface area contributed by atoms with Crippen LogP contribution in [-0.2, 0) is 11.3 Å². The summed E-state index contributed by atoms with van der Waals surface area (Å²) in [6.07, 6.45) is -1.46. The van der Waals surface area contributed by atoms with Gasteiger partial charge in [0.2, 0.25) is 0 Å². The number of hydrogen-bond donors (Lipinski definition) is 3. The van der Waals surface area contributed by atoms with Crippen LogP contribution in [0.1, 0.15) is 22.9 Å². The van der Waals surface area contributed by atoms with Gasteiger partial charge in [-0.1, -0.05) is 36.4 Å². The quantitative estimate of drug-likeness (QED) is 0.754. The van der Waals surface area contributed by atoms with Crippen molar-refractivity contribution in [2.75, 3.05) is 6.54 Å². The van der Waals surface area contributed by atoms with Gasteiger partial charge in [0.1, 0.15) is 18.8 Å². The fourth-order valence-corrected chi connectivity index (χ4v) is 2.06. The number of aryl methyl sites for hydroxylation is 1. The van der Waals surface area contributed by atoms with E-state index in [1.165, 1.54) is 0 Å². The Balaban J connectivity index is 1.78. The van der Waals surface area contributed by atoms with Crippen LogP contribution < -0.4 is 5.32 Å². The second-order valence-corrected chi connectivity index (χ2v) is 5.16. The van der Waals surface area contributed by atoms with Crippen LogP contribution in [0.25, 0.3) is 0 Å². The summed E-state index contributed by atoms with van der Waals surface area (Å²) in [6.45, 7) is 1.80. The first-order chi connectivity index (χ1) is 11.1. The van der Waals surface area contributed by atoms with Crippen LogP contribution in [0.4, 0.5) is 4.79 Å². The number of benzene rings is 1. The maximum absolute atomic E-state index is 11.6. The van der Waals surface area contributed by atoms with Crippen LogP contribution in [-0.4, -0.2) is 33.9 Å². The summed E-state index contributed by atoms with van der Waals surface area (Å²) in [6, 6.07) is 12.8. The van der Waals surface area contributed by atoms with Gasteiger partial charge in [-0.25, -0.2) is 4.79 Å². The Bertz CT molecular complexity index is 634. The monoisotopic (exact) mass is 316 g/mol. The van der Waals surface area contributed by atoms with E-state index in [4.69, 9.17) is 4.74 Å². The summed E-state index contributed by atoms with van der Waals surface area (Å²) in [7, 11) is 0. The van der Waals surface area contributed by atoms with E-state index in [-0.39, 0.29) is 13.2 Å². The third-order valence-corrected chi connectivity index (χ3v) is 3.36. The molecule has 0 spiro atoms. The smallest absolute Gasteiger partial charge is 0.407 e. The van der Waals surface area contributed by atoms with E-state index in [1.54, 1.807) is 25.3 Å². The minimum atomic E-state index is -1.18. The maximum atomic E-state index is 11.6. The number of carbonyl (C=O) groups excluding carboxylic acids is 1. The van der Waals surface area contributed by atoms with Gasteiger partial charge in [0.15, 0.2) is 0 Å². The van der Waals surface area contributed by atoms with Crippen molar-refractivity contribution in [2.24, 2.45) is 0 Å². The molecule has 1 heterocycles. The van der Waals surface area contributed by atoms with Crippen LogP contribution in [0.15, 0.2) is 48.7 Å². The highest BCUT2D eigenvalue weighted by atomic mass is 16.5. The lowest BCUT2D eigenvalue weighted by Crippen LogP contribution is -2.36. The van der Waals surface area contributed by atoms with Crippen molar-refractivity contribution in [3.8, 4) is 0 Å². The number of nitrogens with one attached hydrogen (secondary N) is 1.